The summed E-state index contributed by atoms with van der Waals surface area (Å²) in [6.45, 7) is 7.13. The second kappa shape index (κ2) is 5.57. The van der Waals surface area contributed by atoms with Gasteiger partial charge in [0, 0.05) is 11.5 Å². The van der Waals surface area contributed by atoms with Gasteiger partial charge in [0.05, 0.1) is 19.8 Å². The van der Waals surface area contributed by atoms with Crippen LogP contribution in [0.1, 0.15) is 33.3 Å². The van der Waals surface area contributed by atoms with E-state index in [9.17, 15) is 9.50 Å². The first kappa shape index (κ1) is 14.8. The Hall–Kier alpha value is -1.29. The van der Waals surface area contributed by atoms with Crippen molar-refractivity contribution >= 4 is 0 Å². The van der Waals surface area contributed by atoms with E-state index in [1.165, 1.54) is 13.2 Å². The second-order valence-corrected chi connectivity index (χ2v) is 5.19. The molecule has 0 atom stereocenters. The summed E-state index contributed by atoms with van der Waals surface area (Å²) in [4.78, 5) is 0. The number of methoxy groups -OCH3 is 1. The van der Waals surface area contributed by atoms with Gasteiger partial charge in [0.2, 0.25) is 0 Å². The maximum Gasteiger partial charge on any atom is 0.164 e. The van der Waals surface area contributed by atoms with Gasteiger partial charge < -0.3 is 14.6 Å². The first-order valence-electron chi connectivity index (χ1n) is 5.97. The number of ether oxygens (including phenoxy) is 2. The molecule has 18 heavy (non-hydrogen) atoms. The van der Waals surface area contributed by atoms with E-state index >= 15 is 0 Å². The van der Waals surface area contributed by atoms with E-state index in [1.807, 2.05) is 13.8 Å². The van der Waals surface area contributed by atoms with Crippen molar-refractivity contribution in [2.75, 3.05) is 13.7 Å². The lowest BCUT2D eigenvalue weighted by Crippen LogP contribution is -2.24. The highest BCUT2D eigenvalue weighted by Gasteiger charge is 2.25. The van der Waals surface area contributed by atoms with Gasteiger partial charge in [-0.1, -0.05) is 13.8 Å². The summed E-state index contributed by atoms with van der Waals surface area (Å²) in [6.07, 6.45) is -0.0602. The van der Waals surface area contributed by atoms with Gasteiger partial charge in [0.25, 0.3) is 0 Å². The zero-order chi connectivity index (χ0) is 13.9. The molecule has 0 saturated heterocycles. The maximum absolute atomic E-state index is 14.1. The third-order valence-electron chi connectivity index (χ3n) is 2.74. The summed E-state index contributed by atoms with van der Waals surface area (Å²) < 4.78 is 24.8. The molecule has 0 bridgehead atoms. The normalized spacial score (nSPS) is 11.8. The summed E-state index contributed by atoms with van der Waals surface area (Å²) in [6, 6.07) is 2.90. The average Bonchev–Trinajstić information content (AvgIpc) is 2.28. The molecule has 3 nitrogen and oxygen atoms in total. The molecular weight excluding hydrogens is 235 g/mol. The van der Waals surface area contributed by atoms with Crippen LogP contribution in [0.15, 0.2) is 12.1 Å². The summed E-state index contributed by atoms with van der Waals surface area (Å²) in [5.41, 5.74) is -0.244. The van der Waals surface area contributed by atoms with Gasteiger partial charge in [0.15, 0.2) is 11.5 Å². The van der Waals surface area contributed by atoms with Crippen LogP contribution in [-0.2, 0) is 5.41 Å². The van der Waals surface area contributed by atoms with Crippen LogP contribution >= 0.6 is 0 Å². The molecule has 1 N–H and O–H groups in total. The fraction of sp³-hybridized carbons (Fsp3) is 0.571. The lowest BCUT2D eigenvalue weighted by atomic mass is 9.85. The largest absolute Gasteiger partial charge is 0.493 e. The van der Waals surface area contributed by atoms with Crippen molar-refractivity contribution in [1.29, 1.82) is 0 Å². The molecule has 0 aromatic heterocycles. The van der Waals surface area contributed by atoms with Crippen molar-refractivity contribution < 1.29 is 19.0 Å². The average molecular weight is 256 g/mol. The van der Waals surface area contributed by atoms with Crippen LogP contribution in [0.3, 0.4) is 0 Å². The fourth-order valence-electron chi connectivity index (χ4n) is 1.64. The first-order valence-corrected chi connectivity index (χ1v) is 5.97. The van der Waals surface area contributed by atoms with Gasteiger partial charge in [-0.15, -0.1) is 0 Å². The van der Waals surface area contributed by atoms with Gasteiger partial charge in [0.1, 0.15) is 5.82 Å². The Bertz CT molecular complexity index is 414. The first-order chi connectivity index (χ1) is 8.31. The Morgan fingerprint density at radius 2 is 1.89 bits per heavy atom. The van der Waals surface area contributed by atoms with Crippen molar-refractivity contribution in [3.63, 3.8) is 0 Å². The van der Waals surface area contributed by atoms with E-state index in [0.717, 1.165) is 0 Å². The van der Waals surface area contributed by atoms with Crippen LogP contribution in [0.25, 0.3) is 0 Å². The van der Waals surface area contributed by atoms with Crippen molar-refractivity contribution in [3.8, 4) is 11.5 Å². The van der Waals surface area contributed by atoms with Crippen molar-refractivity contribution in [2.45, 2.75) is 39.2 Å². The van der Waals surface area contributed by atoms with Crippen LogP contribution in [-0.4, -0.2) is 24.9 Å². The fourth-order valence-corrected chi connectivity index (χ4v) is 1.64. The molecule has 0 amide bonds. The highest BCUT2D eigenvalue weighted by atomic mass is 19.1. The predicted molar refractivity (Wildman–Crippen MR) is 68.8 cm³/mol. The van der Waals surface area contributed by atoms with E-state index in [-0.39, 0.29) is 12.7 Å². The van der Waals surface area contributed by atoms with Crippen molar-refractivity contribution in [1.82, 2.24) is 0 Å². The molecule has 1 rings (SSSR count). The van der Waals surface area contributed by atoms with Gasteiger partial charge in [-0.05, 0) is 25.5 Å². The highest BCUT2D eigenvalue weighted by Crippen LogP contribution is 2.35. The molecule has 0 unspecified atom stereocenters. The van der Waals surface area contributed by atoms with E-state index < -0.39 is 11.2 Å². The molecule has 0 saturated carbocycles. The van der Waals surface area contributed by atoms with Crippen LogP contribution in [0.2, 0.25) is 0 Å². The van der Waals surface area contributed by atoms with Crippen molar-refractivity contribution in [2.24, 2.45) is 0 Å². The molecule has 1 aromatic carbocycles. The molecule has 0 heterocycles. The highest BCUT2D eigenvalue weighted by molar-refractivity contribution is 5.46. The summed E-state index contributed by atoms with van der Waals surface area (Å²) in [5.74, 6) is 0.453. The molecule has 102 valence electrons. The molecule has 0 aliphatic heterocycles. The quantitative estimate of drug-likeness (QED) is 0.880. The van der Waals surface area contributed by atoms with Crippen molar-refractivity contribution in [3.05, 3.63) is 23.5 Å². The second-order valence-electron chi connectivity index (χ2n) is 5.19. The van der Waals surface area contributed by atoms with Crippen LogP contribution in [0.5, 0.6) is 11.5 Å². The molecule has 4 heteroatoms. The Morgan fingerprint density at radius 1 is 1.28 bits per heavy atom. The summed E-state index contributed by atoms with van der Waals surface area (Å²) >= 11 is 0. The number of aliphatic hydroxyl groups is 1. The van der Waals surface area contributed by atoms with Gasteiger partial charge in [-0.3, -0.25) is 0 Å². The zero-order valence-corrected chi connectivity index (χ0v) is 11.6. The van der Waals surface area contributed by atoms with Crippen LogP contribution in [0, 0.1) is 5.82 Å². The van der Waals surface area contributed by atoms with E-state index in [2.05, 4.69) is 0 Å². The lowest BCUT2D eigenvalue weighted by Gasteiger charge is -2.24. The minimum Gasteiger partial charge on any atom is -0.493 e. The number of rotatable bonds is 5. The zero-order valence-electron chi connectivity index (χ0n) is 11.6. The van der Waals surface area contributed by atoms with E-state index in [0.29, 0.717) is 17.1 Å². The molecule has 0 aliphatic carbocycles. The summed E-state index contributed by atoms with van der Waals surface area (Å²) in [7, 11) is 1.51. The maximum atomic E-state index is 14.1. The minimum atomic E-state index is -0.659. The molecule has 0 fully saturated rings. The monoisotopic (exact) mass is 256 g/mol. The number of hydrogen-bond donors (Lipinski definition) is 1. The van der Waals surface area contributed by atoms with Gasteiger partial charge >= 0.3 is 0 Å². The number of hydrogen-bond acceptors (Lipinski definition) is 3. The summed E-state index contributed by atoms with van der Waals surface area (Å²) in [5, 5.41) is 9.31. The molecule has 0 aliphatic rings. The Morgan fingerprint density at radius 3 is 2.33 bits per heavy atom. The van der Waals surface area contributed by atoms with Gasteiger partial charge in [-0.2, -0.15) is 0 Å². The molecule has 1 aromatic rings. The Kier molecular flexibility index (Phi) is 4.57. The third-order valence-corrected chi connectivity index (χ3v) is 2.74. The standard InChI is InChI=1S/C14H21FO3/c1-9(2)18-13-7-11(15)10(6-12(13)17-5)14(3,4)8-16/h6-7,9,16H,8H2,1-5H3. The number of aliphatic hydroxyl groups excluding tert-OH is 1. The smallest absolute Gasteiger partial charge is 0.164 e. The minimum absolute atomic E-state index is 0.0602. The SMILES string of the molecule is COc1cc(C(C)(C)CO)c(F)cc1OC(C)C. The number of benzene rings is 1. The molecule has 0 spiro atoms. The topological polar surface area (TPSA) is 38.7 Å². The number of halogens is 1. The molecule has 0 radical (unpaired) electrons. The molecular formula is C14H21FO3. The Labute approximate surface area is 108 Å². The van der Waals surface area contributed by atoms with Gasteiger partial charge in [-0.25, -0.2) is 4.39 Å². The van der Waals surface area contributed by atoms with Crippen LogP contribution in [0.4, 0.5) is 4.39 Å². The van der Waals surface area contributed by atoms with E-state index in [4.69, 9.17) is 9.47 Å². The van der Waals surface area contributed by atoms with E-state index in [1.54, 1.807) is 19.9 Å². The lowest BCUT2D eigenvalue weighted by molar-refractivity contribution is 0.211. The van der Waals surface area contributed by atoms with Crippen LogP contribution < -0.4 is 9.47 Å². The Balaban J connectivity index is 3.26. The predicted octanol–water partition coefficient (Wildman–Crippen LogP) is 2.89. The third kappa shape index (κ3) is 3.13.